The van der Waals surface area contributed by atoms with E-state index in [2.05, 4.69) is 0 Å². The van der Waals surface area contributed by atoms with E-state index in [0.717, 1.165) is 14.6 Å². The Bertz CT molecular complexity index is 485. The van der Waals surface area contributed by atoms with Crippen LogP contribution in [0, 0.1) is 5.21 Å². The Hall–Kier alpha value is -1.07. The Morgan fingerprint density at radius 2 is 2.00 bits per heavy atom. The average Bonchev–Trinajstić information content (AvgIpc) is 2.54. The Morgan fingerprint density at radius 3 is 2.50 bits per heavy atom. The highest BCUT2D eigenvalue weighted by atomic mass is 32.2. The standard InChI is InChI=1S/C13H16N2OS2/c1-13(2)11(18-12(17)14(13)3)15(16)9-10-7-5-4-6-8-10/h4-9,11H,1-3H3/t11-/m0/s1. The SMILES string of the molecule is CN1C(=S)S[C@H]([N+]([O-])=Cc2ccccc2)C1(C)C. The van der Waals surface area contributed by atoms with Crippen LogP contribution in [-0.4, -0.2) is 38.1 Å². The van der Waals surface area contributed by atoms with E-state index in [0.29, 0.717) is 0 Å². The van der Waals surface area contributed by atoms with Gasteiger partial charge in [0.15, 0.2) is 6.21 Å². The molecule has 0 amide bonds. The van der Waals surface area contributed by atoms with E-state index in [-0.39, 0.29) is 10.9 Å². The van der Waals surface area contributed by atoms with Crippen molar-refractivity contribution in [3.8, 4) is 0 Å². The molecule has 0 radical (unpaired) electrons. The lowest BCUT2D eigenvalue weighted by Gasteiger charge is -2.30. The summed E-state index contributed by atoms with van der Waals surface area (Å²) in [5.74, 6) is 0. The minimum absolute atomic E-state index is 0.213. The highest BCUT2D eigenvalue weighted by Crippen LogP contribution is 2.38. The van der Waals surface area contributed by atoms with Crippen LogP contribution in [0.3, 0.4) is 0 Å². The summed E-state index contributed by atoms with van der Waals surface area (Å²) in [6, 6.07) is 9.61. The second kappa shape index (κ2) is 4.90. The molecule has 0 N–H and O–H groups in total. The molecule has 0 spiro atoms. The first kappa shape index (κ1) is 13.4. The Balaban J connectivity index is 2.27. The van der Waals surface area contributed by atoms with Crippen LogP contribution >= 0.6 is 24.0 Å². The third-order valence-electron chi connectivity index (χ3n) is 3.26. The largest absolute Gasteiger partial charge is 0.623 e. The van der Waals surface area contributed by atoms with Crippen molar-refractivity contribution in [2.24, 2.45) is 0 Å². The van der Waals surface area contributed by atoms with Gasteiger partial charge in [0.2, 0.25) is 5.37 Å². The number of nitrogens with zero attached hydrogens (tertiary/aromatic N) is 2. The fourth-order valence-electron chi connectivity index (χ4n) is 1.84. The maximum atomic E-state index is 12.3. The van der Waals surface area contributed by atoms with E-state index in [1.54, 1.807) is 6.21 Å². The molecule has 96 valence electrons. The maximum Gasteiger partial charge on any atom is 0.238 e. The fraction of sp³-hybridized carbons (Fsp3) is 0.385. The smallest absolute Gasteiger partial charge is 0.238 e. The van der Waals surface area contributed by atoms with Crippen LogP contribution in [0.4, 0.5) is 0 Å². The quantitative estimate of drug-likeness (QED) is 0.274. The molecule has 0 aromatic heterocycles. The summed E-state index contributed by atoms with van der Waals surface area (Å²) in [5.41, 5.74) is 0.638. The molecule has 1 aliphatic rings. The third kappa shape index (κ3) is 2.37. The van der Waals surface area contributed by atoms with Crippen molar-refractivity contribution in [1.29, 1.82) is 0 Å². The first-order valence-corrected chi connectivity index (χ1v) is 7.01. The lowest BCUT2D eigenvalue weighted by Crippen LogP contribution is -2.47. The number of rotatable bonds is 2. The predicted molar refractivity (Wildman–Crippen MR) is 81.1 cm³/mol. The van der Waals surface area contributed by atoms with Gasteiger partial charge in [0.05, 0.1) is 0 Å². The molecule has 0 aliphatic carbocycles. The summed E-state index contributed by atoms with van der Waals surface area (Å²) < 4.78 is 1.78. The number of thioether (sulfide) groups is 1. The van der Waals surface area contributed by atoms with Crippen molar-refractivity contribution < 1.29 is 4.74 Å². The number of benzene rings is 1. The molecule has 1 fully saturated rings. The zero-order valence-corrected chi connectivity index (χ0v) is 12.3. The lowest BCUT2D eigenvalue weighted by molar-refractivity contribution is -0.480. The molecule has 0 saturated carbocycles. The molecule has 0 unspecified atom stereocenters. The summed E-state index contributed by atoms with van der Waals surface area (Å²) in [6.45, 7) is 4.07. The van der Waals surface area contributed by atoms with Crippen LogP contribution in [-0.2, 0) is 0 Å². The third-order valence-corrected chi connectivity index (χ3v) is 5.31. The average molecular weight is 280 g/mol. The van der Waals surface area contributed by atoms with Crippen LogP contribution in [0.25, 0.3) is 0 Å². The first-order chi connectivity index (χ1) is 8.43. The topological polar surface area (TPSA) is 29.3 Å². The summed E-state index contributed by atoms with van der Waals surface area (Å²) in [7, 11) is 1.94. The van der Waals surface area contributed by atoms with Crippen molar-refractivity contribution in [3.05, 3.63) is 41.1 Å². The minimum Gasteiger partial charge on any atom is -0.623 e. The molecule has 1 aromatic rings. The van der Waals surface area contributed by atoms with Gasteiger partial charge in [-0.15, -0.1) is 0 Å². The van der Waals surface area contributed by atoms with Gasteiger partial charge >= 0.3 is 0 Å². The van der Waals surface area contributed by atoms with Gasteiger partial charge in [-0.1, -0.05) is 30.4 Å². The van der Waals surface area contributed by atoms with Gasteiger partial charge in [-0.05, 0) is 37.7 Å². The van der Waals surface area contributed by atoms with Gasteiger partial charge in [-0.3, -0.25) is 0 Å². The van der Waals surface area contributed by atoms with Crippen LogP contribution in [0.15, 0.2) is 30.3 Å². The summed E-state index contributed by atoms with van der Waals surface area (Å²) >= 11 is 6.71. The second-order valence-corrected chi connectivity index (χ2v) is 6.56. The number of thiocarbonyl (C=S) groups is 1. The Labute approximate surface area is 117 Å². The van der Waals surface area contributed by atoms with E-state index < -0.39 is 0 Å². The molecular formula is C13H16N2OS2. The molecule has 1 atom stereocenters. The van der Waals surface area contributed by atoms with E-state index in [1.165, 1.54) is 11.8 Å². The van der Waals surface area contributed by atoms with E-state index in [9.17, 15) is 5.21 Å². The van der Waals surface area contributed by atoms with Crippen molar-refractivity contribution in [2.45, 2.75) is 24.8 Å². The minimum atomic E-state index is -0.269. The lowest BCUT2D eigenvalue weighted by atomic mass is 10.0. The molecule has 1 heterocycles. The molecule has 1 aliphatic heterocycles. The zero-order valence-electron chi connectivity index (χ0n) is 10.7. The Kier molecular flexibility index (Phi) is 3.64. The molecule has 1 aromatic carbocycles. The summed E-state index contributed by atoms with van der Waals surface area (Å²) in [5, 5.41) is 12.1. The van der Waals surface area contributed by atoms with Gasteiger partial charge in [0.25, 0.3) is 0 Å². The van der Waals surface area contributed by atoms with Gasteiger partial charge in [0, 0.05) is 12.6 Å². The molecule has 5 heteroatoms. The monoisotopic (exact) mass is 280 g/mol. The molecule has 18 heavy (non-hydrogen) atoms. The number of hydrogen-bond donors (Lipinski definition) is 0. The summed E-state index contributed by atoms with van der Waals surface area (Å²) in [4.78, 5) is 1.99. The van der Waals surface area contributed by atoms with Gasteiger partial charge in [-0.2, -0.15) is 4.74 Å². The summed E-state index contributed by atoms with van der Waals surface area (Å²) in [6.07, 6.45) is 1.63. The molecular weight excluding hydrogens is 264 g/mol. The highest BCUT2D eigenvalue weighted by molar-refractivity contribution is 8.23. The van der Waals surface area contributed by atoms with E-state index in [4.69, 9.17) is 12.2 Å². The molecule has 2 rings (SSSR count). The molecule has 1 saturated heterocycles. The first-order valence-electron chi connectivity index (χ1n) is 5.73. The van der Waals surface area contributed by atoms with Gasteiger partial charge in [0.1, 0.15) is 9.86 Å². The van der Waals surface area contributed by atoms with Crippen LogP contribution < -0.4 is 0 Å². The fourth-order valence-corrected chi connectivity index (χ4v) is 3.54. The van der Waals surface area contributed by atoms with Crippen LogP contribution in [0.2, 0.25) is 0 Å². The zero-order chi connectivity index (χ0) is 13.3. The Morgan fingerprint density at radius 1 is 1.39 bits per heavy atom. The van der Waals surface area contributed by atoms with E-state index >= 15 is 0 Å². The second-order valence-electron chi connectivity index (χ2n) is 4.85. The normalized spacial score (nSPS) is 23.5. The van der Waals surface area contributed by atoms with Gasteiger partial charge < -0.3 is 10.1 Å². The van der Waals surface area contributed by atoms with Crippen molar-refractivity contribution in [2.75, 3.05) is 7.05 Å². The number of hydroxylamine groups is 1. The number of likely N-dealkylation sites (N-methyl/N-ethyl adjacent to an activating group) is 1. The van der Waals surface area contributed by atoms with Gasteiger partial charge in [-0.25, -0.2) is 0 Å². The van der Waals surface area contributed by atoms with Crippen molar-refractivity contribution in [1.82, 2.24) is 4.90 Å². The molecule has 0 bridgehead atoms. The van der Waals surface area contributed by atoms with Crippen LogP contribution in [0.1, 0.15) is 19.4 Å². The maximum absolute atomic E-state index is 12.3. The predicted octanol–water partition coefficient (Wildman–Crippen LogP) is 2.68. The van der Waals surface area contributed by atoms with Crippen molar-refractivity contribution >= 4 is 34.5 Å². The number of hydrogen-bond acceptors (Lipinski definition) is 3. The molecule has 3 nitrogen and oxygen atoms in total. The van der Waals surface area contributed by atoms with Crippen molar-refractivity contribution in [3.63, 3.8) is 0 Å². The van der Waals surface area contributed by atoms with Crippen LogP contribution in [0.5, 0.6) is 0 Å². The van der Waals surface area contributed by atoms with E-state index in [1.807, 2.05) is 56.1 Å². The highest BCUT2D eigenvalue weighted by Gasteiger charge is 2.48.